The Balaban J connectivity index is 4.01. The minimum atomic E-state index is 0.328. The van der Waals surface area contributed by atoms with Crippen LogP contribution in [0.15, 0.2) is 29.9 Å². The molecule has 1 aromatic rings. The smallest absolute Gasteiger partial charge is 0.100 e. The molecule has 0 amide bonds. The lowest BCUT2D eigenvalue weighted by molar-refractivity contribution is 0.595. The fourth-order valence-electron chi connectivity index (χ4n) is 4.31. The van der Waals surface area contributed by atoms with Gasteiger partial charge in [0.05, 0.1) is 5.56 Å². The Hall–Kier alpha value is -2.51. The summed E-state index contributed by atoms with van der Waals surface area (Å²) in [4.78, 5) is 2.09. The third-order valence-corrected chi connectivity index (χ3v) is 6.11. The zero-order valence-corrected chi connectivity index (χ0v) is 20.7. The highest BCUT2D eigenvalue weighted by Gasteiger charge is 2.24. The first-order chi connectivity index (χ1) is 14.7. The maximum Gasteiger partial charge on any atom is 0.100 e. The molecule has 0 spiro atoms. The van der Waals surface area contributed by atoms with E-state index in [1.54, 1.807) is 6.08 Å². The lowest BCUT2D eigenvalue weighted by Gasteiger charge is -2.27. The van der Waals surface area contributed by atoms with Crippen LogP contribution in [0.4, 0.5) is 5.69 Å². The molecule has 1 aromatic carbocycles. The van der Waals surface area contributed by atoms with Crippen molar-refractivity contribution in [2.24, 2.45) is 17.4 Å². The summed E-state index contributed by atoms with van der Waals surface area (Å²) in [5, 5.41) is 10.2. The molecule has 170 valence electrons. The lowest BCUT2D eigenvalue weighted by Crippen LogP contribution is -2.16. The van der Waals surface area contributed by atoms with Crippen LogP contribution in [-0.2, 0) is 6.42 Å². The number of hydrogen-bond acceptors (Lipinski definition) is 4. The van der Waals surface area contributed by atoms with Crippen LogP contribution >= 0.6 is 0 Å². The van der Waals surface area contributed by atoms with E-state index in [1.165, 1.54) is 11.1 Å². The highest BCUT2D eigenvalue weighted by molar-refractivity contribution is 5.89. The number of nitriles is 1. The van der Waals surface area contributed by atoms with Gasteiger partial charge in [-0.3, -0.25) is 0 Å². The topological polar surface area (TPSA) is 79.1 Å². The van der Waals surface area contributed by atoms with Gasteiger partial charge in [0.25, 0.3) is 0 Å². The first-order valence-corrected chi connectivity index (χ1v) is 11.5. The van der Waals surface area contributed by atoms with Gasteiger partial charge in [0.15, 0.2) is 0 Å². The van der Waals surface area contributed by atoms with Crippen molar-refractivity contribution in [3.05, 3.63) is 52.1 Å². The Morgan fingerprint density at radius 1 is 1.26 bits per heavy atom. The van der Waals surface area contributed by atoms with E-state index in [1.807, 2.05) is 20.2 Å². The molecule has 31 heavy (non-hydrogen) atoms. The predicted molar refractivity (Wildman–Crippen MR) is 137 cm³/mol. The second kappa shape index (κ2) is 12.4. The Morgan fingerprint density at radius 2 is 1.90 bits per heavy atom. The van der Waals surface area contributed by atoms with E-state index < -0.39 is 0 Å². The first-order valence-electron chi connectivity index (χ1n) is 11.5. The van der Waals surface area contributed by atoms with Gasteiger partial charge in [-0.2, -0.15) is 5.26 Å². The highest BCUT2D eigenvalue weighted by atomic mass is 15.1. The second-order valence-corrected chi connectivity index (χ2v) is 8.51. The zero-order chi connectivity index (χ0) is 23.7. The van der Waals surface area contributed by atoms with Gasteiger partial charge in [-0.25, -0.2) is 0 Å². The van der Waals surface area contributed by atoms with Crippen LogP contribution in [0, 0.1) is 17.2 Å². The van der Waals surface area contributed by atoms with E-state index in [0.29, 0.717) is 23.7 Å². The number of anilines is 1. The molecule has 1 unspecified atom stereocenters. The molecule has 0 heterocycles. The summed E-state index contributed by atoms with van der Waals surface area (Å²) in [5.41, 5.74) is 20.7. The van der Waals surface area contributed by atoms with Gasteiger partial charge in [0, 0.05) is 43.2 Å². The molecule has 0 aliphatic carbocycles. The summed E-state index contributed by atoms with van der Waals surface area (Å²) in [6, 6.07) is 4.47. The number of nitrogens with two attached hydrogens (primary N) is 2. The standard InChI is InChI=1S/C27H42N4/c1-9-12-18(4)19(5)22(13-10-2)20(6)27-21(11-3)26(31(7)8)16-23(24(27)17-29)25(30)14-15-28/h14,16,18H,6,9-13,15,28,30H2,1-5,7-8H3/b22-19+,25-14-. The minimum absolute atomic E-state index is 0.328. The third kappa shape index (κ3) is 6.02. The zero-order valence-electron chi connectivity index (χ0n) is 20.7. The number of nitrogens with zero attached hydrogens (tertiary/aromatic N) is 2. The van der Waals surface area contributed by atoms with Crippen LogP contribution in [0.3, 0.4) is 0 Å². The van der Waals surface area contributed by atoms with Crippen LogP contribution < -0.4 is 16.4 Å². The summed E-state index contributed by atoms with van der Waals surface area (Å²) in [5.74, 6) is 0.484. The molecular formula is C27H42N4. The lowest BCUT2D eigenvalue weighted by atomic mass is 9.81. The average molecular weight is 423 g/mol. The summed E-state index contributed by atoms with van der Waals surface area (Å²) < 4.78 is 0. The SMILES string of the molecule is C=C(/C(CCC)=C(\C)C(C)CCC)c1c(C#N)c(/C(N)=C/CN)cc(N(C)C)c1CC. The summed E-state index contributed by atoms with van der Waals surface area (Å²) in [7, 11) is 4.05. The first kappa shape index (κ1) is 26.5. The van der Waals surface area contributed by atoms with Crippen molar-refractivity contribution < 1.29 is 0 Å². The van der Waals surface area contributed by atoms with Crippen molar-refractivity contribution in [3.8, 4) is 6.07 Å². The molecule has 0 radical (unpaired) electrons. The summed E-state index contributed by atoms with van der Waals surface area (Å²) >= 11 is 0. The predicted octanol–water partition coefficient (Wildman–Crippen LogP) is 6.01. The van der Waals surface area contributed by atoms with Gasteiger partial charge < -0.3 is 16.4 Å². The van der Waals surface area contributed by atoms with Gasteiger partial charge in [-0.1, -0.05) is 52.7 Å². The molecule has 4 nitrogen and oxygen atoms in total. The van der Waals surface area contributed by atoms with Crippen molar-refractivity contribution in [3.63, 3.8) is 0 Å². The van der Waals surface area contributed by atoms with E-state index in [-0.39, 0.29) is 0 Å². The average Bonchev–Trinajstić information content (AvgIpc) is 2.74. The molecule has 0 aliphatic heterocycles. The van der Waals surface area contributed by atoms with E-state index >= 15 is 0 Å². The molecule has 0 bridgehead atoms. The monoisotopic (exact) mass is 422 g/mol. The quantitative estimate of drug-likeness (QED) is 0.428. The molecule has 0 saturated heterocycles. The van der Waals surface area contributed by atoms with E-state index in [9.17, 15) is 5.26 Å². The van der Waals surface area contributed by atoms with Crippen LogP contribution in [0.1, 0.15) is 82.6 Å². The fraction of sp³-hybridized carbons (Fsp3) is 0.519. The molecule has 1 rings (SSSR count). The van der Waals surface area contributed by atoms with Crippen molar-refractivity contribution in [1.82, 2.24) is 0 Å². The number of rotatable bonds is 11. The van der Waals surface area contributed by atoms with Crippen LogP contribution in [0.5, 0.6) is 0 Å². The number of benzene rings is 1. The van der Waals surface area contributed by atoms with Gasteiger partial charge in [0.1, 0.15) is 6.07 Å². The molecule has 0 aromatic heterocycles. The molecule has 4 N–H and O–H groups in total. The van der Waals surface area contributed by atoms with Crippen molar-refractivity contribution in [1.29, 1.82) is 5.26 Å². The minimum Gasteiger partial charge on any atom is -0.398 e. The van der Waals surface area contributed by atoms with Crippen molar-refractivity contribution in [2.75, 3.05) is 25.5 Å². The van der Waals surface area contributed by atoms with Crippen molar-refractivity contribution >= 4 is 17.0 Å². The van der Waals surface area contributed by atoms with E-state index in [0.717, 1.165) is 60.1 Å². The number of hydrogen-bond donors (Lipinski definition) is 2. The molecule has 0 fully saturated rings. The maximum atomic E-state index is 10.2. The fourth-order valence-corrected chi connectivity index (χ4v) is 4.31. The number of allylic oxidation sites excluding steroid dienone is 3. The van der Waals surface area contributed by atoms with Crippen LogP contribution in [-0.4, -0.2) is 20.6 Å². The van der Waals surface area contributed by atoms with Crippen LogP contribution in [0.25, 0.3) is 11.3 Å². The molecule has 4 heteroatoms. The van der Waals surface area contributed by atoms with Gasteiger partial charge in [-0.05, 0) is 61.0 Å². The molecular weight excluding hydrogens is 380 g/mol. The normalized spacial score (nSPS) is 13.5. The molecule has 1 atom stereocenters. The Morgan fingerprint density at radius 3 is 2.35 bits per heavy atom. The Labute approximate surface area is 190 Å². The highest BCUT2D eigenvalue weighted by Crippen LogP contribution is 2.40. The summed E-state index contributed by atoms with van der Waals surface area (Å²) in [6.45, 7) is 16.0. The third-order valence-electron chi connectivity index (χ3n) is 6.11. The maximum absolute atomic E-state index is 10.2. The largest absolute Gasteiger partial charge is 0.398 e. The second-order valence-electron chi connectivity index (χ2n) is 8.51. The van der Waals surface area contributed by atoms with E-state index in [2.05, 4.69) is 52.2 Å². The van der Waals surface area contributed by atoms with Gasteiger partial charge >= 0.3 is 0 Å². The van der Waals surface area contributed by atoms with Crippen molar-refractivity contribution in [2.45, 2.75) is 66.7 Å². The van der Waals surface area contributed by atoms with Crippen LogP contribution in [0.2, 0.25) is 0 Å². The summed E-state index contributed by atoms with van der Waals surface area (Å²) in [6.07, 6.45) is 6.85. The van der Waals surface area contributed by atoms with E-state index in [4.69, 9.17) is 11.5 Å². The van der Waals surface area contributed by atoms with Gasteiger partial charge in [-0.15, -0.1) is 0 Å². The molecule has 0 aliphatic rings. The Kier molecular flexibility index (Phi) is 10.6. The molecule has 0 saturated carbocycles. The van der Waals surface area contributed by atoms with Gasteiger partial charge in [0.2, 0.25) is 0 Å². The Bertz CT molecular complexity index is 881.